The van der Waals surface area contributed by atoms with Gasteiger partial charge in [0.05, 0.1) is 0 Å². The van der Waals surface area contributed by atoms with Crippen LogP contribution in [-0.4, -0.2) is 5.78 Å². The van der Waals surface area contributed by atoms with Crippen LogP contribution in [0, 0.1) is 23.2 Å². The Kier molecular flexibility index (Phi) is 3.75. The monoisotopic (exact) mass is 208 g/mol. The van der Waals surface area contributed by atoms with Gasteiger partial charge in [-0.3, -0.25) is 4.79 Å². The Hall–Kier alpha value is -0.590. The van der Waals surface area contributed by atoms with Crippen LogP contribution in [-0.2, 0) is 4.79 Å². The molecule has 1 nitrogen and oxygen atoms in total. The molecule has 1 aliphatic rings. The van der Waals surface area contributed by atoms with E-state index >= 15 is 0 Å². The first-order valence-electron chi connectivity index (χ1n) is 5.99. The quantitative estimate of drug-likeness (QED) is 0.630. The van der Waals surface area contributed by atoms with Gasteiger partial charge in [-0.2, -0.15) is 0 Å². The van der Waals surface area contributed by atoms with E-state index in [-0.39, 0.29) is 5.92 Å². The van der Waals surface area contributed by atoms with Crippen LogP contribution in [0.2, 0.25) is 0 Å². The van der Waals surface area contributed by atoms with E-state index < -0.39 is 0 Å². The van der Waals surface area contributed by atoms with E-state index in [0.29, 0.717) is 17.1 Å². The molecule has 0 N–H and O–H groups in total. The SMILES string of the molecule is C=C[C@@H]1C[C@@H](C(C)(C)C)CC[C@@H]1C(C)=O. The Bertz CT molecular complexity index is 247. The standard InChI is InChI=1S/C14H24O/c1-6-11-9-12(14(3,4)5)7-8-13(11)10(2)15/h6,11-13H,1,7-9H2,2-5H3/t11-,12+,13-/m1/s1. The molecule has 15 heavy (non-hydrogen) atoms. The smallest absolute Gasteiger partial charge is 0.133 e. The number of ketones is 1. The lowest BCUT2D eigenvalue weighted by atomic mass is 9.65. The molecule has 1 rings (SSSR count). The van der Waals surface area contributed by atoms with Crippen LogP contribution in [0.3, 0.4) is 0 Å². The summed E-state index contributed by atoms with van der Waals surface area (Å²) in [7, 11) is 0. The van der Waals surface area contributed by atoms with Gasteiger partial charge in [-0.05, 0) is 43.4 Å². The molecule has 0 bridgehead atoms. The van der Waals surface area contributed by atoms with Crippen molar-refractivity contribution in [2.75, 3.05) is 0 Å². The van der Waals surface area contributed by atoms with Crippen LogP contribution in [0.25, 0.3) is 0 Å². The fourth-order valence-corrected chi connectivity index (χ4v) is 2.76. The average molecular weight is 208 g/mol. The summed E-state index contributed by atoms with van der Waals surface area (Å²) in [6.07, 6.45) is 5.37. The summed E-state index contributed by atoms with van der Waals surface area (Å²) in [5, 5.41) is 0. The predicted molar refractivity (Wildman–Crippen MR) is 64.7 cm³/mol. The Morgan fingerprint density at radius 2 is 1.93 bits per heavy atom. The van der Waals surface area contributed by atoms with Crippen molar-refractivity contribution in [3.05, 3.63) is 12.7 Å². The minimum atomic E-state index is 0.237. The number of hydrogen-bond donors (Lipinski definition) is 0. The van der Waals surface area contributed by atoms with Crippen molar-refractivity contribution >= 4 is 5.78 Å². The number of hydrogen-bond acceptors (Lipinski definition) is 1. The Morgan fingerprint density at radius 3 is 2.33 bits per heavy atom. The van der Waals surface area contributed by atoms with E-state index in [0.717, 1.165) is 18.8 Å². The number of Topliss-reactive ketones (excluding diaryl/α,β-unsaturated/α-hetero) is 1. The molecule has 0 amide bonds. The van der Waals surface area contributed by atoms with Gasteiger partial charge in [0, 0.05) is 5.92 Å². The summed E-state index contributed by atoms with van der Waals surface area (Å²) in [6.45, 7) is 12.5. The van der Waals surface area contributed by atoms with Crippen molar-refractivity contribution in [1.82, 2.24) is 0 Å². The first kappa shape index (κ1) is 12.5. The second-order valence-electron chi connectivity index (χ2n) is 5.99. The van der Waals surface area contributed by atoms with Gasteiger partial charge in [-0.25, -0.2) is 0 Å². The van der Waals surface area contributed by atoms with Crippen LogP contribution < -0.4 is 0 Å². The topological polar surface area (TPSA) is 17.1 Å². The van der Waals surface area contributed by atoms with Crippen molar-refractivity contribution in [3.8, 4) is 0 Å². The normalized spacial score (nSPS) is 32.4. The fraction of sp³-hybridized carbons (Fsp3) is 0.786. The molecule has 0 aromatic heterocycles. The molecule has 0 unspecified atom stereocenters. The third-order valence-corrected chi connectivity index (χ3v) is 3.95. The highest BCUT2D eigenvalue weighted by molar-refractivity contribution is 5.78. The number of carbonyl (C=O) groups excluding carboxylic acids is 1. The van der Waals surface area contributed by atoms with Gasteiger partial charge < -0.3 is 0 Å². The molecular weight excluding hydrogens is 184 g/mol. The zero-order valence-corrected chi connectivity index (χ0v) is 10.5. The highest BCUT2D eigenvalue weighted by Gasteiger charge is 2.36. The van der Waals surface area contributed by atoms with Gasteiger partial charge in [-0.1, -0.05) is 26.8 Å². The first-order valence-corrected chi connectivity index (χ1v) is 5.99. The second-order valence-corrected chi connectivity index (χ2v) is 5.99. The van der Waals surface area contributed by atoms with Crippen molar-refractivity contribution in [3.63, 3.8) is 0 Å². The van der Waals surface area contributed by atoms with E-state index in [1.807, 2.05) is 6.08 Å². The van der Waals surface area contributed by atoms with Crippen LogP contribution >= 0.6 is 0 Å². The summed E-state index contributed by atoms with van der Waals surface area (Å²) in [5.41, 5.74) is 0.364. The highest BCUT2D eigenvalue weighted by Crippen LogP contribution is 2.43. The van der Waals surface area contributed by atoms with Gasteiger partial charge in [0.15, 0.2) is 0 Å². The molecule has 86 valence electrons. The molecule has 0 aromatic rings. The Balaban J connectivity index is 2.71. The number of allylic oxidation sites excluding steroid dienone is 1. The third-order valence-electron chi connectivity index (χ3n) is 3.95. The minimum Gasteiger partial charge on any atom is -0.300 e. The number of carbonyl (C=O) groups is 1. The van der Waals surface area contributed by atoms with Gasteiger partial charge in [0.25, 0.3) is 0 Å². The summed E-state index contributed by atoms with van der Waals surface area (Å²) < 4.78 is 0. The summed E-state index contributed by atoms with van der Waals surface area (Å²) in [5.74, 6) is 1.71. The zero-order chi connectivity index (χ0) is 11.6. The maximum Gasteiger partial charge on any atom is 0.133 e. The molecule has 0 heterocycles. The molecule has 3 atom stereocenters. The second kappa shape index (κ2) is 4.51. The van der Waals surface area contributed by atoms with Gasteiger partial charge in [-0.15, -0.1) is 6.58 Å². The molecule has 0 aliphatic heterocycles. The first-order chi connectivity index (χ1) is 6.86. The molecule has 1 heteroatoms. The molecule has 0 radical (unpaired) electrons. The molecular formula is C14H24O. The minimum absolute atomic E-state index is 0.237. The van der Waals surface area contributed by atoms with E-state index in [2.05, 4.69) is 27.4 Å². The number of rotatable bonds is 2. The van der Waals surface area contributed by atoms with Crippen molar-refractivity contribution in [2.24, 2.45) is 23.2 Å². The molecule has 1 fully saturated rings. The van der Waals surface area contributed by atoms with Crippen LogP contribution in [0.15, 0.2) is 12.7 Å². The molecule has 0 saturated heterocycles. The predicted octanol–water partition coefficient (Wildman–Crippen LogP) is 3.84. The zero-order valence-electron chi connectivity index (χ0n) is 10.5. The lowest BCUT2D eigenvalue weighted by Gasteiger charge is -2.40. The third kappa shape index (κ3) is 2.93. The van der Waals surface area contributed by atoms with Gasteiger partial charge >= 0.3 is 0 Å². The van der Waals surface area contributed by atoms with Crippen molar-refractivity contribution in [2.45, 2.75) is 47.0 Å². The van der Waals surface area contributed by atoms with Crippen molar-refractivity contribution < 1.29 is 4.79 Å². The Labute approximate surface area is 93.9 Å². The average Bonchev–Trinajstić information content (AvgIpc) is 2.15. The largest absolute Gasteiger partial charge is 0.300 e. The lowest BCUT2D eigenvalue weighted by Crippen LogP contribution is -2.33. The van der Waals surface area contributed by atoms with Crippen LogP contribution in [0.1, 0.15) is 47.0 Å². The van der Waals surface area contributed by atoms with E-state index in [1.165, 1.54) is 6.42 Å². The summed E-state index contributed by atoms with van der Waals surface area (Å²) in [4.78, 5) is 11.5. The van der Waals surface area contributed by atoms with E-state index in [4.69, 9.17) is 0 Å². The lowest BCUT2D eigenvalue weighted by molar-refractivity contribution is -0.123. The summed E-state index contributed by atoms with van der Waals surface area (Å²) >= 11 is 0. The van der Waals surface area contributed by atoms with E-state index in [1.54, 1.807) is 6.92 Å². The summed E-state index contributed by atoms with van der Waals surface area (Å²) in [6, 6.07) is 0. The molecule has 0 spiro atoms. The van der Waals surface area contributed by atoms with Crippen molar-refractivity contribution in [1.29, 1.82) is 0 Å². The highest BCUT2D eigenvalue weighted by atomic mass is 16.1. The maximum absolute atomic E-state index is 11.5. The molecule has 0 aromatic carbocycles. The molecule has 1 saturated carbocycles. The van der Waals surface area contributed by atoms with Crippen LogP contribution in [0.4, 0.5) is 0 Å². The molecule has 1 aliphatic carbocycles. The van der Waals surface area contributed by atoms with Gasteiger partial charge in [0.1, 0.15) is 5.78 Å². The Morgan fingerprint density at radius 1 is 1.33 bits per heavy atom. The van der Waals surface area contributed by atoms with E-state index in [9.17, 15) is 4.79 Å². The maximum atomic E-state index is 11.5. The van der Waals surface area contributed by atoms with Crippen LogP contribution in [0.5, 0.6) is 0 Å². The fourth-order valence-electron chi connectivity index (χ4n) is 2.76. The van der Waals surface area contributed by atoms with Gasteiger partial charge in [0.2, 0.25) is 0 Å².